The number of nitriles is 1. The third-order valence-corrected chi connectivity index (χ3v) is 5.99. The summed E-state index contributed by atoms with van der Waals surface area (Å²) in [7, 11) is 3.36. The predicted molar refractivity (Wildman–Crippen MR) is 125 cm³/mol. The number of anilines is 1. The van der Waals surface area contributed by atoms with Crippen LogP contribution in [0.5, 0.6) is 5.75 Å². The van der Waals surface area contributed by atoms with E-state index in [-0.39, 0.29) is 11.5 Å². The molecule has 3 aromatic heterocycles. The Hall–Kier alpha value is -4.52. The summed E-state index contributed by atoms with van der Waals surface area (Å²) in [5.74, 6) is 0.486. The molecule has 4 heterocycles. The molecule has 0 radical (unpaired) electrons. The van der Waals surface area contributed by atoms with Crippen LogP contribution in [-0.4, -0.2) is 29.5 Å². The lowest BCUT2D eigenvalue weighted by molar-refractivity contribution is 0.228. The van der Waals surface area contributed by atoms with Crippen LogP contribution < -0.4 is 16.2 Å². The molecular formula is C24H22N8O2. The third-order valence-electron chi connectivity index (χ3n) is 5.99. The van der Waals surface area contributed by atoms with Gasteiger partial charge in [0.15, 0.2) is 11.6 Å². The van der Waals surface area contributed by atoms with Gasteiger partial charge in [-0.25, -0.2) is 4.79 Å². The van der Waals surface area contributed by atoms with E-state index in [4.69, 9.17) is 10.5 Å². The molecule has 1 aliphatic heterocycles. The quantitative estimate of drug-likeness (QED) is 0.428. The summed E-state index contributed by atoms with van der Waals surface area (Å²) in [6.07, 6.45) is 1.65. The fourth-order valence-electron chi connectivity index (χ4n) is 4.33. The largest absolute Gasteiger partial charge is 0.482 e. The second kappa shape index (κ2) is 7.81. The van der Waals surface area contributed by atoms with Crippen molar-refractivity contribution in [1.82, 2.24) is 29.5 Å². The number of nitrogen functional groups attached to an aromatic ring is 1. The maximum absolute atomic E-state index is 12.6. The van der Waals surface area contributed by atoms with Crippen molar-refractivity contribution in [1.29, 1.82) is 5.26 Å². The van der Waals surface area contributed by atoms with Gasteiger partial charge in [-0.1, -0.05) is 23.8 Å². The van der Waals surface area contributed by atoms with Crippen molar-refractivity contribution in [3.8, 4) is 34.3 Å². The third kappa shape index (κ3) is 3.38. The molecule has 0 spiro atoms. The number of hydrogen-bond acceptors (Lipinski definition) is 8. The molecule has 2 N–H and O–H groups in total. The minimum Gasteiger partial charge on any atom is -0.482 e. The Balaban J connectivity index is 1.88. The van der Waals surface area contributed by atoms with Crippen LogP contribution in [-0.2, 0) is 20.5 Å². The number of nitrogens with two attached hydrogens (primary N) is 1. The molecule has 170 valence electrons. The smallest absolute Gasteiger partial charge is 0.347 e. The average Bonchev–Trinajstić information content (AvgIpc) is 3.11. The van der Waals surface area contributed by atoms with Crippen LogP contribution in [0.15, 0.2) is 35.3 Å². The summed E-state index contributed by atoms with van der Waals surface area (Å²) < 4.78 is 9.21. The normalized spacial score (nSPS) is 14.5. The van der Waals surface area contributed by atoms with Crippen molar-refractivity contribution in [2.24, 2.45) is 14.1 Å². The molecule has 0 fully saturated rings. The Morgan fingerprint density at radius 1 is 1.24 bits per heavy atom. The van der Waals surface area contributed by atoms with Gasteiger partial charge >= 0.3 is 5.69 Å². The van der Waals surface area contributed by atoms with Gasteiger partial charge in [-0.05, 0) is 13.8 Å². The van der Waals surface area contributed by atoms with Crippen LogP contribution in [0.3, 0.4) is 0 Å². The summed E-state index contributed by atoms with van der Waals surface area (Å²) in [4.78, 5) is 17.0. The van der Waals surface area contributed by atoms with Gasteiger partial charge in [-0.15, -0.1) is 10.2 Å². The second-order valence-corrected chi connectivity index (χ2v) is 8.42. The first kappa shape index (κ1) is 21.3. The molecular weight excluding hydrogens is 432 g/mol. The van der Waals surface area contributed by atoms with E-state index in [1.807, 2.05) is 32.0 Å². The monoisotopic (exact) mass is 454 g/mol. The van der Waals surface area contributed by atoms with Crippen molar-refractivity contribution in [3.63, 3.8) is 0 Å². The summed E-state index contributed by atoms with van der Waals surface area (Å²) in [5.41, 5.74) is 11.7. The van der Waals surface area contributed by atoms with Crippen molar-refractivity contribution in [3.05, 3.63) is 69.0 Å². The molecule has 4 aromatic rings. The van der Waals surface area contributed by atoms with E-state index >= 15 is 0 Å². The number of benzene rings is 1. The van der Waals surface area contributed by atoms with E-state index in [1.54, 1.807) is 26.4 Å². The summed E-state index contributed by atoms with van der Waals surface area (Å²) >= 11 is 0. The number of fused-ring (bicyclic) bond motifs is 7. The molecule has 0 saturated carbocycles. The van der Waals surface area contributed by atoms with Gasteiger partial charge in [0.05, 0.1) is 17.0 Å². The molecule has 0 amide bonds. The van der Waals surface area contributed by atoms with Gasteiger partial charge in [0.2, 0.25) is 0 Å². The lowest BCUT2D eigenvalue weighted by Crippen LogP contribution is -2.22. The van der Waals surface area contributed by atoms with E-state index < -0.39 is 6.10 Å². The van der Waals surface area contributed by atoms with Gasteiger partial charge in [-0.2, -0.15) is 15.3 Å². The van der Waals surface area contributed by atoms with Gasteiger partial charge in [0, 0.05) is 49.5 Å². The van der Waals surface area contributed by atoms with Crippen molar-refractivity contribution in [2.75, 3.05) is 5.73 Å². The first-order valence-electron chi connectivity index (χ1n) is 10.7. The zero-order chi connectivity index (χ0) is 24.1. The summed E-state index contributed by atoms with van der Waals surface area (Å²) in [6.45, 7) is 3.89. The van der Waals surface area contributed by atoms with Gasteiger partial charge < -0.3 is 15.0 Å². The fraction of sp³-hybridized carbons (Fsp3) is 0.250. The number of nitrogens with zero attached hydrogens (tertiary/aromatic N) is 7. The zero-order valence-electron chi connectivity index (χ0n) is 19.2. The zero-order valence-corrected chi connectivity index (χ0v) is 19.2. The second-order valence-electron chi connectivity index (χ2n) is 8.42. The Kier molecular flexibility index (Phi) is 4.90. The maximum atomic E-state index is 12.6. The highest BCUT2D eigenvalue weighted by Gasteiger charge is 2.26. The Morgan fingerprint density at radius 3 is 2.79 bits per heavy atom. The van der Waals surface area contributed by atoms with E-state index in [0.29, 0.717) is 40.5 Å². The first-order chi connectivity index (χ1) is 16.3. The molecule has 10 nitrogen and oxygen atoms in total. The number of ether oxygens (including phenoxy) is 1. The molecule has 5 rings (SSSR count). The van der Waals surface area contributed by atoms with Crippen molar-refractivity contribution >= 4 is 5.82 Å². The van der Waals surface area contributed by atoms with E-state index in [1.165, 1.54) is 9.25 Å². The van der Waals surface area contributed by atoms with Crippen molar-refractivity contribution in [2.45, 2.75) is 26.4 Å². The van der Waals surface area contributed by atoms with Crippen molar-refractivity contribution < 1.29 is 4.74 Å². The molecule has 0 unspecified atom stereocenters. The lowest BCUT2D eigenvalue weighted by Gasteiger charge is -2.21. The average molecular weight is 454 g/mol. The fourth-order valence-corrected chi connectivity index (χ4v) is 4.33. The standard InChI is InChI=1S/C24H22N8O2/c1-12-5-6-15-16(7-12)13(2)34-20-9-17(28-29-23(20)26)21-18(30-32(4)19(21)10-25)8-14-11-31(3)24(33)27-22(14)15/h5-7,9,11,13H,8H2,1-4H3,(H2,26,29)/t13-/m1/s1. The Bertz CT molecular complexity index is 1560. The molecule has 2 bridgehead atoms. The van der Waals surface area contributed by atoms with Crippen LogP contribution in [0, 0.1) is 18.3 Å². The van der Waals surface area contributed by atoms with Crippen LogP contribution in [0.1, 0.15) is 41.1 Å². The molecule has 1 aromatic carbocycles. The van der Waals surface area contributed by atoms with Crippen LogP contribution in [0.2, 0.25) is 0 Å². The van der Waals surface area contributed by atoms with E-state index in [0.717, 1.165) is 22.3 Å². The highest BCUT2D eigenvalue weighted by Crippen LogP contribution is 2.38. The Labute approximate surface area is 195 Å². The summed E-state index contributed by atoms with van der Waals surface area (Å²) in [5, 5.41) is 22.8. The first-order valence-corrected chi connectivity index (χ1v) is 10.7. The maximum Gasteiger partial charge on any atom is 0.347 e. The number of aromatic nitrogens is 6. The van der Waals surface area contributed by atoms with Crippen LogP contribution in [0.4, 0.5) is 5.82 Å². The molecule has 1 atom stereocenters. The predicted octanol–water partition coefficient (Wildman–Crippen LogP) is 2.44. The molecule has 0 aliphatic carbocycles. The van der Waals surface area contributed by atoms with E-state index in [2.05, 4.69) is 26.3 Å². The van der Waals surface area contributed by atoms with Gasteiger partial charge in [0.25, 0.3) is 0 Å². The highest BCUT2D eigenvalue weighted by molar-refractivity contribution is 5.73. The lowest BCUT2D eigenvalue weighted by atomic mass is 9.93. The van der Waals surface area contributed by atoms with E-state index in [9.17, 15) is 10.1 Å². The van der Waals surface area contributed by atoms with Crippen LogP contribution >= 0.6 is 0 Å². The molecule has 1 aliphatic rings. The van der Waals surface area contributed by atoms with Gasteiger partial charge in [0.1, 0.15) is 23.6 Å². The molecule has 34 heavy (non-hydrogen) atoms. The number of aryl methyl sites for hydroxylation is 3. The Morgan fingerprint density at radius 2 is 2.03 bits per heavy atom. The SMILES string of the molecule is Cc1ccc2c(c1)[C@@H](C)Oc1cc(nnc1N)-c1c(nn(C)c1C#N)Cc1cn(C)c(=O)nc1-2. The number of rotatable bonds is 0. The minimum atomic E-state index is -0.434. The highest BCUT2D eigenvalue weighted by atomic mass is 16.5. The minimum absolute atomic E-state index is 0.137. The molecule has 10 heteroatoms. The number of hydrogen-bond donors (Lipinski definition) is 1. The summed E-state index contributed by atoms with van der Waals surface area (Å²) in [6, 6.07) is 9.83. The topological polar surface area (TPSA) is 138 Å². The van der Waals surface area contributed by atoms with Gasteiger partial charge in [-0.3, -0.25) is 4.68 Å². The van der Waals surface area contributed by atoms with Crippen LogP contribution in [0.25, 0.3) is 22.5 Å². The molecule has 0 saturated heterocycles.